The lowest BCUT2D eigenvalue weighted by Gasteiger charge is -2.28. The molecule has 1 nitrogen and oxygen atoms in total. The molecule has 0 aliphatic heterocycles. The van der Waals surface area contributed by atoms with E-state index in [1.807, 2.05) is 0 Å². The van der Waals surface area contributed by atoms with E-state index in [-0.39, 0.29) is 0 Å². The maximum Gasteiger partial charge on any atom is 0.0462 e. The Morgan fingerprint density at radius 1 is 1.33 bits per heavy atom. The number of ether oxygens (including phenoxy) is 1. The van der Waals surface area contributed by atoms with E-state index < -0.39 is 0 Å². The van der Waals surface area contributed by atoms with Gasteiger partial charge in [-0.3, -0.25) is 0 Å². The zero-order chi connectivity index (χ0) is 9.61. The van der Waals surface area contributed by atoms with E-state index in [4.69, 9.17) is 16.3 Å². The Bertz CT molecular complexity index is 107. The first kappa shape index (κ1) is 12.2. The van der Waals surface area contributed by atoms with Crippen LogP contribution in [-0.2, 0) is 4.74 Å². The lowest BCUT2D eigenvalue weighted by Crippen LogP contribution is -2.22. The number of alkyl halides is 1. The summed E-state index contributed by atoms with van der Waals surface area (Å²) in [5.41, 5.74) is 0.329. The molecule has 1 unspecified atom stereocenters. The molecule has 0 N–H and O–H groups in total. The summed E-state index contributed by atoms with van der Waals surface area (Å²) < 4.78 is 5.01. The standard InChI is InChI=1S/C10H21ClO/c1-10(2,3)9(8-11)6-5-7-12-4/h9H,5-8H2,1-4H3. The summed E-state index contributed by atoms with van der Waals surface area (Å²) in [7, 11) is 1.74. The van der Waals surface area contributed by atoms with Crippen molar-refractivity contribution in [3.8, 4) is 0 Å². The van der Waals surface area contributed by atoms with Crippen molar-refractivity contribution in [2.24, 2.45) is 11.3 Å². The van der Waals surface area contributed by atoms with Crippen LogP contribution in [-0.4, -0.2) is 19.6 Å². The molecular formula is C10H21ClO. The first-order valence-corrected chi connectivity index (χ1v) is 5.10. The van der Waals surface area contributed by atoms with Crippen molar-refractivity contribution in [3.05, 3.63) is 0 Å². The van der Waals surface area contributed by atoms with Crippen molar-refractivity contribution < 1.29 is 4.74 Å². The van der Waals surface area contributed by atoms with Crippen LogP contribution in [0, 0.1) is 11.3 Å². The molecule has 0 spiro atoms. The maximum atomic E-state index is 5.89. The zero-order valence-electron chi connectivity index (χ0n) is 8.69. The van der Waals surface area contributed by atoms with E-state index in [2.05, 4.69) is 20.8 Å². The number of halogens is 1. The minimum atomic E-state index is 0.329. The van der Waals surface area contributed by atoms with Gasteiger partial charge in [-0.05, 0) is 24.2 Å². The molecule has 0 saturated heterocycles. The fraction of sp³-hybridized carbons (Fsp3) is 1.00. The van der Waals surface area contributed by atoms with Crippen molar-refractivity contribution in [1.82, 2.24) is 0 Å². The Balaban J connectivity index is 3.68. The van der Waals surface area contributed by atoms with E-state index in [1.54, 1.807) is 7.11 Å². The second-order valence-corrected chi connectivity index (χ2v) is 4.66. The predicted molar refractivity (Wildman–Crippen MR) is 54.8 cm³/mol. The van der Waals surface area contributed by atoms with Crippen molar-refractivity contribution in [1.29, 1.82) is 0 Å². The van der Waals surface area contributed by atoms with Gasteiger partial charge < -0.3 is 4.74 Å². The quantitative estimate of drug-likeness (QED) is 0.480. The minimum Gasteiger partial charge on any atom is -0.385 e. The highest BCUT2D eigenvalue weighted by Crippen LogP contribution is 2.30. The third kappa shape index (κ3) is 5.00. The van der Waals surface area contributed by atoms with Gasteiger partial charge in [0, 0.05) is 19.6 Å². The molecule has 0 aliphatic rings. The van der Waals surface area contributed by atoms with Crippen LogP contribution in [0.5, 0.6) is 0 Å². The third-order valence-corrected chi connectivity index (χ3v) is 2.68. The molecule has 0 bridgehead atoms. The summed E-state index contributed by atoms with van der Waals surface area (Å²) in [6.07, 6.45) is 2.28. The van der Waals surface area contributed by atoms with Crippen LogP contribution in [0.2, 0.25) is 0 Å². The molecular weight excluding hydrogens is 172 g/mol. The molecule has 0 aromatic carbocycles. The summed E-state index contributed by atoms with van der Waals surface area (Å²) in [6, 6.07) is 0. The zero-order valence-corrected chi connectivity index (χ0v) is 9.45. The van der Waals surface area contributed by atoms with Crippen LogP contribution < -0.4 is 0 Å². The van der Waals surface area contributed by atoms with E-state index in [9.17, 15) is 0 Å². The number of methoxy groups -OCH3 is 1. The Hall–Kier alpha value is 0.250. The van der Waals surface area contributed by atoms with E-state index >= 15 is 0 Å². The van der Waals surface area contributed by atoms with Gasteiger partial charge in [0.2, 0.25) is 0 Å². The highest BCUT2D eigenvalue weighted by atomic mass is 35.5. The molecule has 12 heavy (non-hydrogen) atoms. The maximum absolute atomic E-state index is 5.89. The normalized spacial score (nSPS) is 14.8. The van der Waals surface area contributed by atoms with Gasteiger partial charge in [-0.15, -0.1) is 11.6 Å². The van der Waals surface area contributed by atoms with Gasteiger partial charge in [0.15, 0.2) is 0 Å². The molecule has 0 aliphatic carbocycles. The molecule has 1 atom stereocenters. The van der Waals surface area contributed by atoms with Gasteiger partial charge in [0.1, 0.15) is 0 Å². The molecule has 0 fully saturated rings. The summed E-state index contributed by atoms with van der Waals surface area (Å²) in [6.45, 7) is 7.58. The Labute approximate surface area is 81.4 Å². The van der Waals surface area contributed by atoms with E-state index in [0.29, 0.717) is 11.3 Å². The lowest BCUT2D eigenvalue weighted by molar-refractivity contribution is 0.170. The van der Waals surface area contributed by atoms with Crippen LogP contribution in [0.3, 0.4) is 0 Å². The molecule has 0 heterocycles. The highest BCUT2D eigenvalue weighted by Gasteiger charge is 2.22. The van der Waals surface area contributed by atoms with Crippen molar-refractivity contribution in [3.63, 3.8) is 0 Å². The monoisotopic (exact) mass is 192 g/mol. The molecule has 2 heteroatoms. The van der Waals surface area contributed by atoms with Crippen LogP contribution in [0.25, 0.3) is 0 Å². The molecule has 0 radical (unpaired) electrons. The second-order valence-electron chi connectivity index (χ2n) is 4.35. The Morgan fingerprint density at radius 2 is 1.92 bits per heavy atom. The second kappa shape index (κ2) is 5.82. The molecule has 0 aromatic rings. The van der Waals surface area contributed by atoms with Gasteiger partial charge in [0.05, 0.1) is 0 Å². The van der Waals surface area contributed by atoms with Crippen LogP contribution in [0.4, 0.5) is 0 Å². The van der Waals surface area contributed by atoms with Crippen LogP contribution >= 0.6 is 11.6 Å². The van der Waals surface area contributed by atoms with E-state index in [1.165, 1.54) is 6.42 Å². The summed E-state index contributed by atoms with van der Waals surface area (Å²) in [5.74, 6) is 1.36. The average Bonchev–Trinajstić information content (AvgIpc) is 1.95. The Morgan fingerprint density at radius 3 is 2.25 bits per heavy atom. The molecule has 0 amide bonds. The van der Waals surface area contributed by atoms with Crippen molar-refractivity contribution >= 4 is 11.6 Å². The van der Waals surface area contributed by atoms with Gasteiger partial charge in [-0.2, -0.15) is 0 Å². The van der Waals surface area contributed by atoms with Crippen LogP contribution in [0.15, 0.2) is 0 Å². The highest BCUT2D eigenvalue weighted by molar-refractivity contribution is 6.18. The van der Waals surface area contributed by atoms with Crippen LogP contribution in [0.1, 0.15) is 33.6 Å². The lowest BCUT2D eigenvalue weighted by atomic mass is 9.79. The van der Waals surface area contributed by atoms with Gasteiger partial charge in [-0.25, -0.2) is 0 Å². The fourth-order valence-electron chi connectivity index (χ4n) is 1.22. The Kier molecular flexibility index (Phi) is 5.94. The largest absolute Gasteiger partial charge is 0.385 e. The fourth-order valence-corrected chi connectivity index (χ4v) is 1.83. The number of rotatable bonds is 5. The summed E-state index contributed by atoms with van der Waals surface area (Å²) in [5, 5.41) is 0. The third-order valence-electron chi connectivity index (χ3n) is 2.31. The van der Waals surface area contributed by atoms with Gasteiger partial charge in [0.25, 0.3) is 0 Å². The van der Waals surface area contributed by atoms with Gasteiger partial charge in [-0.1, -0.05) is 20.8 Å². The van der Waals surface area contributed by atoms with Crippen molar-refractivity contribution in [2.45, 2.75) is 33.6 Å². The summed E-state index contributed by atoms with van der Waals surface area (Å²) in [4.78, 5) is 0. The first-order chi connectivity index (χ1) is 5.52. The summed E-state index contributed by atoms with van der Waals surface area (Å²) >= 11 is 5.89. The average molecular weight is 193 g/mol. The predicted octanol–water partition coefficient (Wildman–Crippen LogP) is 3.31. The van der Waals surface area contributed by atoms with Gasteiger partial charge >= 0.3 is 0 Å². The molecule has 0 rings (SSSR count). The topological polar surface area (TPSA) is 9.23 Å². The number of hydrogen-bond donors (Lipinski definition) is 0. The molecule has 0 aromatic heterocycles. The SMILES string of the molecule is COCCCC(CCl)C(C)(C)C. The molecule has 0 saturated carbocycles. The first-order valence-electron chi connectivity index (χ1n) is 4.57. The molecule has 74 valence electrons. The minimum absolute atomic E-state index is 0.329. The smallest absolute Gasteiger partial charge is 0.0462 e. The number of hydrogen-bond acceptors (Lipinski definition) is 1. The van der Waals surface area contributed by atoms with Crippen molar-refractivity contribution in [2.75, 3.05) is 19.6 Å². The van der Waals surface area contributed by atoms with E-state index in [0.717, 1.165) is 18.9 Å².